The number of aryl methyl sites for hydroxylation is 1. The lowest BCUT2D eigenvalue weighted by atomic mass is 10.2. The number of nitrogens with one attached hydrogen (secondary N) is 2. The Labute approximate surface area is 123 Å². The molecule has 0 amide bonds. The molecule has 1 aliphatic rings. The van der Waals surface area contributed by atoms with E-state index in [1.807, 2.05) is 0 Å². The van der Waals surface area contributed by atoms with Gasteiger partial charge in [-0.3, -0.25) is 4.90 Å². The van der Waals surface area contributed by atoms with Crippen molar-refractivity contribution in [1.29, 1.82) is 0 Å². The third-order valence-corrected chi connectivity index (χ3v) is 4.75. The minimum absolute atomic E-state index is 0.383. The predicted molar refractivity (Wildman–Crippen MR) is 84.5 cm³/mol. The van der Waals surface area contributed by atoms with Crippen molar-refractivity contribution in [3.63, 3.8) is 0 Å². The predicted octanol–water partition coefficient (Wildman–Crippen LogP) is 1.71. The molecule has 1 aliphatic heterocycles. The summed E-state index contributed by atoms with van der Waals surface area (Å²) in [6.07, 6.45) is 1.65. The molecule has 0 aliphatic carbocycles. The summed E-state index contributed by atoms with van der Waals surface area (Å²) in [6, 6.07) is 0.383. The Morgan fingerprint density at radius 3 is 3.00 bits per heavy atom. The molecule has 0 radical (unpaired) electrons. The van der Waals surface area contributed by atoms with Crippen LogP contribution in [-0.2, 0) is 0 Å². The highest BCUT2D eigenvalue weighted by Gasteiger charge is 2.15. The lowest BCUT2D eigenvalue weighted by Gasteiger charge is -2.30. The summed E-state index contributed by atoms with van der Waals surface area (Å²) < 4.78 is 1.16. The Morgan fingerprint density at radius 2 is 2.20 bits per heavy atom. The van der Waals surface area contributed by atoms with Gasteiger partial charge in [-0.1, -0.05) is 0 Å². The Bertz CT molecular complexity index is 576. The first-order valence-electron chi connectivity index (χ1n) is 7.12. The van der Waals surface area contributed by atoms with Crippen LogP contribution in [0.2, 0.25) is 0 Å². The number of hydrogen-bond acceptors (Lipinski definition) is 6. The van der Waals surface area contributed by atoms with Gasteiger partial charge in [-0.2, -0.15) is 0 Å². The highest BCUT2D eigenvalue weighted by atomic mass is 32.1. The minimum atomic E-state index is 0.383. The van der Waals surface area contributed by atoms with Gasteiger partial charge in [0.1, 0.15) is 12.1 Å². The molecule has 2 N–H and O–H groups in total. The molecule has 108 valence electrons. The van der Waals surface area contributed by atoms with Crippen LogP contribution >= 0.6 is 11.3 Å². The second-order valence-electron chi connectivity index (χ2n) is 5.41. The maximum absolute atomic E-state index is 4.41. The van der Waals surface area contributed by atoms with Gasteiger partial charge >= 0.3 is 0 Å². The van der Waals surface area contributed by atoms with Crippen LogP contribution in [0.1, 0.15) is 12.5 Å². The number of aromatic nitrogens is 2. The zero-order valence-corrected chi connectivity index (χ0v) is 12.8. The lowest BCUT2D eigenvalue weighted by molar-refractivity contribution is 0.235. The van der Waals surface area contributed by atoms with Crippen LogP contribution < -0.4 is 10.6 Å². The van der Waals surface area contributed by atoms with E-state index in [2.05, 4.69) is 44.7 Å². The highest BCUT2D eigenvalue weighted by Crippen LogP contribution is 2.28. The molecular formula is C14H21N5S. The fourth-order valence-electron chi connectivity index (χ4n) is 2.63. The second-order valence-corrected chi connectivity index (χ2v) is 6.29. The number of rotatable bonds is 4. The maximum atomic E-state index is 4.41. The van der Waals surface area contributed by atoms with Crippen LogP contribution in [0.15, 0.2) is 11.7 Å². The van der Waals surface area contributed by atoms with Crippen LogP contribution in [0.25, 0.3) is 10.2 Å². The maximum Gasteiger partial charge on any atom is 0.147 e. The van der Waals surface area contributed by atoms with E-state index in [1.165, 1.54) is 5.56 Å². The van der Waals surface area contributed by atoms with E-state index in [4.69, 9.17) is 0 Å². The molecule has 5 nitrogen and oxygen atoms in total. The van der Waals surface area contributed by atoms with Crippen LogP contribution in [0.4, 0.5) is 5.82 Å². The van der Waals surface area contributed by atoms with Crippen molar-refractivity contribution in [2.75, 3.05) is 38.0 Å². The monoisotopic (exact) mass is 291 g/mol. The molecule has 0 bridgehead atoms. The summed E-state index contributed by atoms with van der Waals surface area (Å²) in [4.78, 5) is 11.3. The van der Waals surface area contributed by atoms with Crippen molar-refractivity contribution >= 4 is 27.4 Å². The lowest BCUT2D eigenvalue weighted by Crippen LogP contribution is -2.47. The number of fused-ring (bicyclic) bond motifs is 1. The van der Waals surface area contributed by atoms with E-state index < -0.39 is 0 Å². The van der Waals surface area contributed by atoms with Crippen molar-refractivity contribution in [2.24, 2.45) is 0 Å². The van der Waals surface area contributed by atoms with Gasteiger partial charge < -0.3 is 10.6 Å². The molecule has 3 rings (SSSR count). The summed E-state index contributed by atoms with van der Waals surface area (Å²) in [5, 5.41) is 9.07. The van der Waals surface area contributed by atoms with Crippen LogP contribution in [0.3, 0.4) is 0 Å². The van der Waals surface area contributed by atoms with Gasteiger partial charge in [-0.25, -0.2) is 9.97 Å². The van der Waals surface area contributed by atoms with Crippen LogP contribution in [0, 0.1) is 6.92 Å². The normalized spacial score (nSPS) is 18.3. The fraction of sp³-hybridized carbons (Fsp3) is 0.571. The molecule has 6 heteroatoms. The van der Waals surface area contributed by atoms with E-state index in [1.54, 1.807) is 17.7 Å². The number of nitrogens with zero attached hydrogens (tertiary/aromatic N) is 3. The van der Waals surface area contributed by atoms with Gasteiger partial charge in [-0.15, -0.1) is 11.3 Å². The topological polar surface area (TPSA) is 53.1 Å². The summed E-state index contributed by atoms with van der Waals surface area (Å²) in [6.45, 7) is 9.81. The Balaban J connectivity index is 1.69. The van der Waals surface area contributed by atoms with Gasteiger partial charge in [0.2, 0.25) is 0 Å². The smallest absolute Gasteiger partial charge is 0.147 e. The first kappa shape index (κ1) is 13.7. The van der Waals surface area contributed by atoms with Crippen molar-refractivity contribution in [3.8, 4) is 0 Å². The molecule has 0 spiro atoms. The highest BCUT2D eigenvalue weighted by molar-refractivity contribution is 7.18. The average Bonchev–Trinajstić information content (AvgIpc) is 2.83. The first-order chi connectivity index (χ1) is 9.74. The van der Waals surface area contributed by atoms with Crippen LogP contribution in [-0.4, -0.2) is 53.6 Å². The van der Waals surface area contributed by atoms with E-state index in [9.17, 15) is 0 Å². The van der Waals surface area contributed by atoms with E-state index in [-0.39, 0.29) is 0 Å². The first-order valence-corrected chi connectivity index (χ1v) is 8.00. The standard InChI is InChI=1S/C14H21N5S/c1-10-8-20-13-12(10)16-9-17-14(13)18-11(2)7-19-5-3-15-4-6-19/h8-9,11,15H,3-7H2,1-2H3,(H,16,17,18)/t11-/m0/s1. The summed E-state index contributed by atoms with van der Waals surface area (Å²) in [5.74, 6) is 0.968. The molecule has 2 aromatic rings. The van der Waals surface area contributed by atoms with Gasteiger partial charge in [0, 0.05) is 38.8 Å². The number of piperazine rings is 1. The number of thiophene rings is 1. The number of hydrogen-bond donors (Lipinski definition) is 2. The molecular weight excluding hydrogens is 270 g/mol. The minimum Gasteiger partial charge on any atom is -0.365 e. The molecule has 1 atom stereocenters. The van der Waals surface area contributed by atoms with Crippen molar-refractivity contribution in [2.45, 2.75) is 19.9 Å². The summed E-state index contributed by atoms with van der Waals surface area (Å²) in [5.41, 5.74) is 2.30. The van der Waals surface area contributed by atoms with Gasteiger partial charge in [0.25, 0.3) is 0 Å². The molecule has 0 unspecified atom stereocenters. The van der Waals surface area contributed by atoms with Crippen molar-refractivity contribution in [1.82, 2.24) is 20.2 Å². The zero-order valence-electron chi connectivity index (χ0n) is 12.0. The van der Waals surface area contributed by atoms with Crippen molar-refractivity contribution < 1.29 is 0 Å². The summed E-state index contributed by atoms with van der Waals surface area (Å²) >= 11 is 1.72. The molecule has 1 fully saturated rings. The van der Waals surface area contributed by atoms with E-state index in [0.717, 1.165) is 48.8 Å². The molecule has 20 heavy (non-hydrogen) atoms. The molecule has 0 saturated carbocycles. The van der Waals surface area contributed by atoms with Crippen LogP contribution in [0.5, 0.6) is 0 Å². The Hall–Kier alpha value is -1.24. The molecule has 2 aromatic heterocycles. The molecule has 3 heterocycles. The second kappa shape index (κ2) is 6.03. The van der Waals surface area contributed by atoms with Gasteiger partial charge in [-0.05, 0) is 24.8 Å². The van der Waals surface area contributed by atoms with Crippen molar-refractivity contribution in [3.05, 3.63) is 17.3 Å². The SMILES string of the molecule is Cc1csc2c(N[C@@H](C)CN3CCNCC3)ncnc12. The third kappa shape index (κ3) is 2.92. The summed E-state index contributed by atoms with van der Waals surface area (Å²) in [7, 11) is 0. The van der Waals surface area contributed by atoms with E-state index in [0.29, 0.717) is 6.04 Å². The molecule has 0 aromatic carbocycles. The van der Waals surface area contributed by atoms with E-state index >= 15 is 0 Å². The Morgan fingerprint density at radius 1 is 1.40 bits per heavy atom. The third-order valence-electron chi connectivity index (χ3n) is 3.66. The zero-order chi connectivity index (χ0) is 13.9. The molecule has 1 saturated heterocycles. The quantitative estimate of drug-likeness (QED) is 0.898. The van der Waals surface area contributed by atoms with Gasteiger partial charge in [0.05, 0.1) is 10.2 Å². The average molecular weight is 291 g/mol. The number of anilines is 1. The largest absolute Gasteiger partial charge is 0.365 e. The van der Waals surface area contributed by atoms with Gasteiger partial charge in [0.15, 0.2) is 0 Å². The fourth-order valence-corrected chi connectivity index (χ4v) is 3.59. The Kier molecular flexibility index (Phi) is 4.14.